The zero-order valence-corrected chi connectivity index (χ0v) is 22.2. The first-order chi connectivity index (χ1) is 15.6. The molecule has 0 aliphatic rings. The number of thiazole rings is 1. The van der Waals surface area contributed by atoms with Gasteiger partial charge in [-0.25, -0.2) is 13.4 Å². The molecule has 0 spiro atoms. The van der Waals surface area contributed by atoms with E-state index < -0.39 is 9.84 Å². The molecule has 1 amide bonds. The van der Waals surface area contributed by atoms with Crippen molar-refractivity contribution in [3.63, 3.8) is 0 Å². The number of hydrogen-bond donors (Lipinski definition) is 0. The highest BCUT2D eigenvalue weighted by Crippen LogP contribution is 2.33. The first kappa shape index (κ1) is 25.7. The van der Waals surface area contributed by atoms with Crippen molar-refractivity contribution in [1.82, 2.24) is 9.88 Å². The summed E-state index contributed by atoms with van der Waals surface area (Å²) in [4.78, 5) is 23.4. The number of fused-ring (bicyclic) bond motifs is 1. The minimum atomic E-state index is -3.43. The lowest BCUT2D eigenvalue weighted by Crippen LogP contribution is -2.38. The third kappa shape index (κ3) is 6.35. The van der Waals surface area contributed by atoms with Gasteiger partial charge in [0, 0.05) is 35.1 Å². The molecule has 6 nitrogen and oxygen atoms in total. The molecule has 0 bridgehead atoms. The number of sulfone groups is 1. The van der Waals surface area contributed by atoms with Gasteiger partial charge in [-0.2, -0.15) is 0 Å². The zero-order chi connectivity index (χ0) is 24.2. The number of amides is 1. The lowest BCUT2D eigenvalue weighted by atomic mass is 10.2. The first-order valence-corrected chi connectivity index (χ1v) is 14.6. The van der Waals surface area contributed by atoms with Crippen LogP contribution in [0.25, 0.3) is 10.2 Å². The number of likely N-dealkylation sites (N-methyl/N-ethyl adjacent to an activating group) is 1. The molecule has 178 valence electrons. The van der Waals surface area contributed by atoms with Crippen LogP contribution in [0.5, 0.6) is 0 Å². The molecule has 0 saturated carbocycles. The zero-order valence-electron chi connectivity index (χ0n) is 19.7. The van der Waals surface area contributed by atoms with Gasteiger partial charge in [0.15, 0.2) is 15.0 Å². The van der Waals surface area contributed by atoms with Gasteiger partial charge in [0.2, 0.25) is 0 Å². The highest BCUT2D eigenvalue weighted by molar-refractivity contribution is 7.99. The molecular formula is C24H31N3O3S3. The van der Waals surface area contributed by atoms with Gasteiger partial charge in [0.1, 0.15) is 5.52 Å². The Morgan fingerprint density at radius 2 is 1.73 bits per heavy atom. The molecule has 0 aliphatic carbocycles. The van der Waals surface area contributed by atoms with Crippen molar-refractivity contribution in [3.8, 4) is 0 Å². The largest absolute Gasteiger partial charge is 0.302 e. The van der Waals surface area contributed by atoms with Crippen molar-refractivity contribution in [3.05, 3.63) is 48.0 Å². The van der Waals surface area contributed by atoms with Crippen LogP contribution in [-0.2, 0) is 9.84 Å². The maximum absolute atomic E-state index is 13.6. The Hall–Kier alpha value is -1.94. The van der Waals surface area contributed by atoms with E-state index in [1.54, 1.807) is 28.8 Å². The van der Waals surface area contributed by atoms with E-state index in [-0.39, 0.29) is 10.8 Å². The number of carbonyl (C=O) groups is 1. The summed E-state index contributed by atoms with van der Waals surface area (Å²) in [6.07, 6.45) is 1.18. The molecule has 33 heavy (non-hydrogen) atoms. The molecule has 0 saturated heterocycles. The fraction of sp³-hybridized carbons (Fsp3) is 0.417. The van der Waals surface area contributed by atoms with Crippen LogP contribution >= 0.6 is 23.1 Å². The number of aromatic nitrogens is 1. The van der Waals surface area contributed by atoms with Crippen LogP contribution in [0.2, 0.25) is 0 Å². The van der Waals surface area contributed by atoms with E-state index in [0.29, 0.717) is 34.6 Å². The average molecular weight is 506 g/mol. The molecule has 0 aliphatic heterocycles. The Labute approximate surface area is 204 Å². The van der Waals surface area contributed by atoms with Gasteiger partial charge in [-0.05, 0) is 49.5 Å². The number of benzene rings is 2. The van der Waals surface area contributed by atoms with Crippen molar-refractivity contribution in [2.45, 2.75) is 42.7 Å². The first-order valence-electron chi connectivity index (χ1n) is 11.0. The molecule has 0 atom stereocenters. The van der Waals surface area contributed by atoms with Crippen molar-refractivity contribution >= 4 is 54.2 Å². The van der Waals surface area contributed by atoms with E-state index in [9.17, 15) is 13.2 Å². The highest BCUT2D eigenvalue weighted by Gasteiger charge is 2.24. The molecule has 0 fully saturated rings. The fourth-order valence-electron chi connectivity index (χ4n) is 3.50. The molecule has 1 heterocycles. The quantitative estimate of drug-likeness (QED) is 0.353. The summed E-state index contributed by atoms with van der Waals surface area (Å²) in [5.74, 6) is -0.136. The Morgan fingerprint density at radius 3 is 2.30 bits per heavy atom. The Morgan fingerprint density at radius 1 is 1.06 bits per heavy atom. The number of anilines is 1. The summed E-state index contributed by atoms with van der Waals surface area (Å²) in [7, 11) is -3.43. The molecule has 2 aromatic carbocycles. The summed E-state index contributed by atoms with van der Waals surface area (Å²) in [6.45, 7) is 11.4. The van der Waals surface area contributed by atoms with E-state index >= 15 is 0 Å². The smallest absolute Gasteiger partial charge is 0.260 e. The lowest BCUT2D eigenvalue weighted by molar-refractivity contribution is 0.0983. The molecule has 3 aromatic rings. The second-order valence-corrected chi connectivity index (χ2v) is 12.7. The Balaban J connectivity index is 2.00. The van der Waals surface area contributed by atoms with Crippen LogP contribution in [0.1, 0.15) is 38.1 Å². The normalized spacial score (nSPS) is 12.1. The van der Waals surface area contributed by atoms with Crippen molar-refractivity contribution in [1.29, 1.82) is 0 Å². The van der Waals surface area contributed by atoms with E-state index in [4.69, 9.17) is 0 Å². The minimum Gasteiger partial charge on any atom is -0.302 e. The number of hydrogen-bond acceptors (Lipinski definition) is 7. The third-order valence-electron chi connectivity index (χ3n) is 5.25. The second kappa shape index (κ2) is 11.0. The van der Waals surface area contributed by atoms with Crippen LogP contribution in [0.15, 0.2) is 52.3 Å². The van der Waals surface area contributed by atoms with Crippen LogP contribution in [0.3, 0.4) is 0 Å². The molecule has 0 N–H and O–H groups in total. The molecule has 3 rings (SSSR count). The number of rotatable bonds is 10. The number of carbonyl (C=O) groups excluding carboxylic acids is 1. The van der Waals surface area contributed by atoms with Crippen LogP contribution in [0.4, 0.5) is 5.13 Å². The van der Waals surface area contributed by atoms with Gasteiger partial charge in [-0.1, -0.05) is 45.1 Å². The number of nitrogens with zero attached hydrogens (tertiary/aromatic N) is 3. The summed E-state index contributed by atoms with van der Waals surface area (Å²) in [5, 5.41) is 0.975. The van der Waals surface area contributed by atoms with Gasteiger partial charge in [-0.15, -0.1) is 11.8 Å². The summed E-state index contributed by atoms with van der Waals surface area (Å²) in [6, 6.07) is 12.8. The van der Waals surface area contributed by atoms with Crippen LogP contribution in [0, 0.1) is 0 Å². The van der Waals surface area contributed by atoms with Crippen molar-refractivity contribution in [2.75, 3.05) is 37.3 Å². The second-order valence-electron chi connectivity index (χ2n) is 8.05. The van der Waals surface area contributed by atoms with Gasteiger partial charge in [0.05, 0.1) is 9.60 Å². The van der Waals surface area contributed by atoms with Gasteiger partial charge in [0.25, 0.3) is 5.91 Å². The van der Waals surface area contributed by atoms with Crippen LogP contribution < -0.4 is 4.90 Å². The van der Waals surface area contributed by atoms with Gasteiger partial charge >= 0.3 is 0 Å². The number of para-hydroxylation sites is 1. The van der Waals surface area contributed by atoms with E-state index in [0.717, 1.165) is 22.7 Å². The molecule has 0 radical (unpaired) electrons. The Bertz CT molecular complexity index is 1200. The Kier molecular flexibility index (Phi) is 8.55. The van der Waals surface area contributed by atoms with Gasteiger partial charge < -0.3 is 4.90 Å². The molecule has 1 aromatic heterocycles. The standard InChI is InChI=1S/C24H31N3O3S3/c1-6-26(7-2)15-16-27(23(28)18-11-13-19(14-12-18)31-17(3)4)24-25-22-20(32-24)9-8-10-21(22)33(5,29)30/h8-14,17H,6-7,15-16H2,1-5H3. The summed E-state index contributed by atoms with van der Waals surface area (Å²) in [5.41, 5.74) is 1.01. The maximum Gasteiger partial charge on any atom is 0.260 e. The number of thioether (sulfide) groups is 1. The maximum atomic E-state index is 13.6. The lowest BCUT2D eigenvalue weighted by Gasteiger charge is -2.24. The topological polar surface area (TPSA) is 70.6 Å². The molecule has 9 heteroatoms. The van der Waals surface area contributed by atoms with E-state index in [2.05, 4.69) is 37.6 Å². The summed E-state index contributed by atoms with van der Waals surface area (Å²) < 4.78 is 25.3. The van der Waals surface area contributed by atoms with Crippen molar-refractivity contribution in [2.24, 2.45) is 0 Å². The van der Waals surface area contributed by atoms with Crippen LogP contribution in [-0.4, -0.2) is 61.9 Å². The van der Waals surface area contributed by atoms with Crippen molar-refractivity contribution < 1.29 is 13.2 Å². The third-order valence-corrected chi connectivity index (χ3v) is 8.44. The SMILES string of the molecule is CCN(CC)CCN(C(=O)c1ccc(SC(C)C)cc1)c1nc2c(S(C)(=O)=O)cccc2s1. The summed E-state index contributed by atoms with van der Waals surface area (Å²) >= 11 is 3.10. The van der Waals surface area contributed by atoms with E-state index in [1.807, 2.05) is 30.3 Å². The van der Waals surface area contributed by atoms with Gasteiger partial charge in [-0.3, -0.25) is 9.69 Å². The minimum absolute atomic E-state index is 0.136. The predicted molar refractivity (Wildman–Crippen MR) is 140 cm³/mol. The fourth-order valence-corrected chi connectivity index (χ4v) is 6.25. The predicted octanol–water partition coefficient (Wildman–Crippen LogP) is 5.19. The average Bonchev–Trinajstić information content (AvgIpc) is 3.19. The highest BCUT2D eigenvalue weighted by atomic mass is 32.2. The molecular weight excluding hydrogens is 474 g/mol. The monoisotopic (exact) mass is 505 g/mol. The van der Waals surface area contributed by atoms with E-state index in [1.165, 1.54) is 17.6 Å². The molecule has 0 unspecified atom stereocenters.